The maximum absolute atomic E-state index is 11.5. The van der Waals surface area contributed by atoms with Crippen LogP contribution in [0.4, 0.5) is 0 Å². The van der Waals surface area contributed by atoms with E-state index in [1.54, 1.807) is 11.3 Å². The van der Waals surface area contributed by atoms with E-state index < -0.39 is 12.0 Å². The van der Waals surface area contributed by atoms with Crippen LogP contribution in [-0.2, 0) is 24.4 Å². The molecule has 106 valence electrons. The number of aryl methyl sites for hydroxylation is 1. The number of carbonyl (C=O) groups is 1. The summed E-state index contributed by atoms with van der Waals surface area (Å²) in [5.41, 5.74) is 0. The van der Waals surface area contributed by atoms with Gasteiger partial charge < -0.3 is 9.67 Å². The van der Waals surface area contributed by atoms with Crippen molar-refractivity contribution in [2.24, 2.45) is 0 Å². The molecule has 0 aliphatic carbocycles. The first kappa shape index (κ1) is 13.7. The van der Waals surface area contributed by atoms with Crippen LogP contribution in [-0.4, -0.2) is 36.8 Å². The van der Waals surface area contributed by atoms with E-state index in [1.807, 2.05) is 27.8 Å². The fraction of sp³-hybridized carbons (Fsp3) is 0.417. The molecule has 0 fully saturated rings. The molecule has 1 atom stereocenters. The number of hydrogen-bond acceptors (Lipinski definition) is 5. The smallest absolute Gasteiger partial charge is 0.322 e. The van der Waals surface area contributed by atoms with Gasteiger partial charge in [-0.1, -0.05) is 0 Å². The Hall–Kier alpha value is -1.25. The van der Waals surface area contributed by atoms with Gasteiger partial charge >= 0.3 is 5.97 Å². The van der Waals surface area contributed by atoms with Gasteiger partial charge in [0.1, 0.15) is 17.7 Å². The highest BCUT2D eigenvalue weighted by molar-refractivity contribution is 9.10. The molecule has 1 unspecified atom stereocenters. The van der Waals surface area contributed by atoms with Crippen LogP contribution < -0.4 is 0 Å². The summed E-state index contributed by atoms with van der Waals surface area (Å²) in [6, 6.07) is 1.48. The number of nitrogens with zero attached hydrogens (tertiary/aromatic N) is 4. The third kappa shape index (κ3) is 2.50. The zero-order valence-electron chi connectivity index (χ0n) is 10.8. The Balaban J connectivity index is 1.87. The predicted molar refractivity (Wildman–Crippen MR) is 77.4 cm³/mol. The van der Waals surface area contributed by atoms with Gasteiger partial charge in [-0.15, -0.1) is 21.5 Å². The summed E-state index contributed by atoms with van der Waals surface area (Å²) >= 11 is 5.04. The van der Waals surface area contributed by atoms with E-state index >= 15 is 0 Å². The Morgan fingerprint density at radius 3 is 3.05 bits per heavy atom. The van der Waals surface area contributed by atoms with Gasteiger partial charge in [-0.05, 0) is 28.9 Å². The Kier molecular flexibility index (Phi) is 3.61. The Bertz CT molecular complexity index is 654. The van der Waals surface area contributed by atoms with E-state index in [0.717, 1.165) is 21.0 Å². The highest BCUT2D eigenvalue weighted by atomic mass is 79.9. The van der Waals surface area contributed by atoms with Crippen molar-refractivity contribution < 1.29 is 9.90 Å². The van der Waals surface area contributed by atoms with E-state index in [2.05, 4.69) is 26.1 Å². The standard InChI is InChI=1S/C12H13BrN4O2S/c1-7-14-15-11-5-16(3-9-2-8(13)6-20-9)10(12(18)19)4-17(7)11/h2,6,10H,3-5H2,1H3,(H,18,19). The Morgan fingerprint density at radius 1 is 1.60 bits per heavy atom. The second kappa shape index (κ2) is 5.27. The molecule has 6 nitrogen and oxygen atoms in total. The first-order chi connectivity index (χ1) is 9.54. The summed E-state index contributed by atoms with van der Waals surface area (Å²) in [6.07, 6.45) is 0. The third-order valence-corrected chi connectivity index (χ3v) is 5.10. The van der Waals surface area contributed by atoms with Crippen LogP contribution in [0.3, 0.4) is 0 Å². The van der Waals surface area contributed by atoms with Crippen LogP contribution in [0.15, 0.2) is 15.9 Å². The van der Waals surface area contributed by atoms with Crippen molar-refractivity contribution in [1.29, 1.82) is 0 Å². The second-order valence-corrected chi connectivity index (χ2v) is 6.68. The van der Waals surface area contributed by atoms with Crippen molar-refractivity contribution in [3.05, 3.63) is 32.4 Å². The average molecular weight is 357 g/mol. The summed E-state index contributed by atoms with van der Waals surface area (Å²) in [4.78, 5) is 14.6. The second-order valence-electron chi connectivity index (χ2n) is 4.76. The summed E-state index contributed by atoms with van der Waals surface area (Å²) in [6.45, 7) is 3.37. The Labute approximate surface area is 128 Å². The fourth-order valence-corrected chi connectivity index (χ4v) is 3.87. The van der Waals surface area contributed by atoms with Crippen molar-refractivity contribution in [2.45, 2.75) is 32.6 Å². The van der Waals surface area contributed by atoms with Gasteiger partial charge in [0, 0.05) is 21.3 Å². The predicted octanol–water partition coefficient (Wildman–Crippen LogP) is 1.88. The highest BCUT2D eigenvalue weighted by Gasteiger charge is 2.33. The van der Waals surface area contributed by atoms with Gasteiger partial charge in [0.2, 0.25) is 0 Å². The van der Waals surface area contributed by atoms with Crippen LogP contribution in [0, 0.1) is 6.92 Å². The molecule has 0 saturated carbocycles. The van der Waals surface area contributed by atoms with E-state index in [1.165, 1.54) is 0 Å². The number of carboxylic acid groups (broad SMARTS) is 1. The summed E-state index contributed by atoms with van der Waals surface area (Å²) in [7, 11) is 0. The number of halogens is 1. The molecule has 3 rings (SSSR count). The van der Waals surface area contributed by atoms with Gasteiger partial charge in [0.05, 0.1) is 13.1 Å². The largest absolute Gasteiger partial charge is 0.480 e. The van der Waals surface area contributed by atoms with Crippen molar-refractivity contribution in [1.82, 2.24) is 19.7 Å². The minimum absolute atomic E-state index is 0.399. The number of aromatic nitrogens is 3. The first-order valence-corrected chi connectivity index (χ1v) is 7.80. The van der Waals surface area contributed by atoms with Crippen LogP contribution in [0.25, 0.3) is 0 Å². The van der Waals surface area contributed by atoms with Gasteiger partial charge in [0.15, 0.2) is 0 Å². The van der Waals surface area contributed by atoms with Gasteiger partial charge in [0.25, 0.3) is 0 Å². The van der Waals surface area contributed by atoms with E-state index in [0.29, 0.717) is 19.6 Å². The number of rotatable bonds is 3. The minimum atomic E-state index is -0.806. The number of carboxylic acids is 1. The van der Waals surface area contributed by atoms with Gasteiger partial charge in [-0.2, -0.15) is 0 Å². The molecular formula is C12H13BrN4O2S. The lowest BCUT2D eigenvalue weighted by molar-refractivity contribution is -0.145. The molecule has 0 spiro atoms. The zero-order valence-corrected chi connectivity index (χ0v) is 13.2. The lowest BCUT2D eigenvalue weighted by Crippen LogP contribution is -2.47. The zero-order chi connectivity index (χ0) is 14.3. The third-order valence-electron chi connectivity index (χ3n) is 3.42. The lowest BCUT2D eigenvalue weighted by Gasteiger charge is -2.33. The topological polar surface area (TPSA) is 71.2 Å². The van der Waals surface area contributed by atoms with Crippen molar-refractivity contribution in [3.63, 3.8) is 0 Å². The normalized spacial score (nSPS) is 19.0. The van der Waals surface area contributed by atoms with Crippen molar-refractivity contribution >= 4 is 33.2 Å². The first-order valence-electron chi connectivity index (χ1n) is 6.13. The van der Waals surface area contributed by atoms with Crippen LogP contribution in [0.5, 0.6) is 0 Å². The molecule has 0 radical (unpaired) electrons. The molecule has 20 heavy (non-hydrogen) atoms. The Morgan fingerprint density at radius 2 is 2.40 bits per heavy atom. The summed E-state index contributed by atoms with van der Waals surface area (Å²) in [5.74, 6) is 0.791. The molecular weight excluding hydrogens is 344 g/mol. The number of hydrogen-bond donors (Lipinski definition) is 1. The lowest BCUT2D eigenvalue weighted by atomic mass is 10.2. The van der Waals surface area contributed by atoms with Crippen molar-refractivity contribution in [2.75, 3.05) is 0 Å². The van der Waals surface area contributed by atoms with Crippen LogP contribution in [0.1, 0.15) is 16.5 Å². The SMILES string of the molecule is Cc1nnc2n1CC(C(=O)O)N(Cc1cc(Br)cs1)C2. The quantitative estimate of drug-likeness (QED) is 0.908. The molecule has 1 aliphatic heterocycles. The number of aliphatic carboxylic acids is 1. The fourth-order valence-electron chi connectivity index (χ4n) is 2.40. The molecule has 1 N–H and O–H groups in total. The average Bonchev–Trinajstić information content (AvgIpc) is 2.96. The monoisotopic (exact) mass is 356 g/mol. The minimum Gasteiger partial charge on any atom is -0.480 e. The molecule has 3 heterocycles. The van der Waals surface area contributed by atoms with E-state index in [9.17, 15) is 9.90 Å². The molecule has 1 aliphatic rings. The van der Waals surface area contributed by atoms with Gasteiger partial charge in [-0.3, -0.25) is 9.69 Å². The molecule has 2 aromatic heterocycles. The van der Waals surface area contributed by atoms with Crippen LogP contribution in [0.2, 0.25) is 0 Å². The molecule has 8 heteroatoms. The maximum atomic E-state index is 11.5. The highest BCUT2D eigenvalue weighted by Crippen LogP contribution is 2.25. The van der Waals surface area contributed by atoms with E-state index in [4.69, 9.17) is 0 Å². The molecule has 0 amide bonds. The number of fused-ring (bicyclic) bond motifs is 1. The summed E-state index contributed by atoms with van der Waals surface area (Å²) in [5, 5.41) is 19.6. The molecule has 0 bridgehead atoms. The molecule has 2 aromatic rings. The maximum Gasteiger partial charge on any atom is 0.322 e. The van der Waals surface area contributed by atoms with Crippen molar-refractivity contribution in [3.8, 4) is 0 Å². The number of thiophene rings is 1. The molecule has 0 saturated heterocycles. The van der Waals surface area contributed by atoms with Gasteiger partial charge in [-0.25, -0.2) is 0 Å². The molecule has 0 aromatic carbocycles. The summed E-state index contributed by atoms with van der Waals surface area (Å²) < 4.78 is 2.92. The van der Waals surface area contributed by atoms with Crippen LogP contribution >= 0.6 is 27.3 Å². The van der Waals surface area contributed by atoms with E-state index in [-0.39, 0.29) is 0 Å².